The molecule has 9 heteroatoms. The van der Waals surface area contributed by atoms with Gasteiger partial charge in [0.1, 0.15) is 10.5 Å². The minimum Gasteiger partial charge on any atom is -0.481 e. The molecular weight excluding hydrogens is 556 g/mol. The van der Waals surface area contributed by atoms with Crippen molar-refractivity contribution in [2.75, 3.05) is 18.4 Å². The normalized spacial score (nSPS) is 18.3. The van der Waals surface area contributed by atoms with Gasteiger partial charge in [0.2, 0.25) is 0 Å². The number of hydrogen-bond acceptors (Lipinski definition) is 8. The molecule has 8 nitrogen and oxygen atoms in total. The molecule has 2 aliphatic rings. The van der Waals surface area contributed by atoms with Gasteiger partial charge in [-0.3, -0.25) is 14.7 Å². The Balaban J connectivity index is 1.15. The molecule has 5 aromatic rings. The number of fused-ring (bicyclic) bond motifs is 2. The van der Waals surface area contributed by atoms with E-state index >= 15 is 0 Å². The van der Waals surface area contributed by atoms with Crippen molar-refractivity contribution >= 4 is 39.7 Å². The first-order valence-corrected chi connectivity index (χ1v) is 15.5. The molecule has 0 radical (unpaired) electrons. The van der Waals surface area contributed by atoms with Gasteiger partial charge in [-0.05, 0) is 79.8 Å². The fourth-order valence-electron chi connectivity index (χ4n) is 6.33. The standard InChI is InChI=1S/C34H34N6O2S/c1-20-24(6-4-8-26(20)32-39-28-16-35-17-29(28)43-32)25-7-5-9-27(21(25)2)38-31-30-23(10-12-36-31)14-22(15-37-30)18-40-13-11-34(3,19-40)33(41)42/h4-10,12,14-15,35H,11,13,16-19H2,1-3H3,(H,36,38)(H,41,42)/t34-/m1/s1. The van der Waals surface area contributed by atoms with Gasteiger partial charge in [0.25, 0.3) is 0 Å². The Bertz CT molecular complexity index is 1860. The number of aliphatic carboxylic acids is 1. The van der Waals surface area contributed by atoms with Crippen molar-refractivity contribution in [3.8, 4) is 21.7 Å². The highest BCUT2D eigenvalue weighted by atomic mass is 32.1. The number of carboxylic acids is 1. The van der Waals surface area contributed by atoms with Crippen LogP contribution in [0.15, 0.2) is 60.9 Å². The summed E-state index contributed by atoms with van der Waals surface area (Å²) >= 11 is 1.79. The Morgan fingerprint density at radius 1 is 1.07 bits per heavy atom. The predicted molar refractivity (Wildman–Crippen MR) is 171 cm³/mol. The van der Waals surface area contributed by atoms with Crippen molar-refractivity contribution in [1.82, 2.24) is 25.2 Å². The largest absolute Gasteiger partial charge is 0.481 e. The van der Waals surface area contributed by atoms with Crippen LogP contribution in [0.3, 0.4) is 0 Å². The summed E-state index contributed by atoms with van der Waals surface area (Å²) in [6.07, 6.45) is 4.35. The smallest absolute Gasteiger partial charge is 0.310 e. The number of benzene rings is 2. The molecule has 5 heterocycles. The number of thiazole rings is 1. The lowest BCUT2D eigenvalue weighted by Gasteiger charge is -2.20. The number of likely N-dealkylation sites (tertiary alicyclic amines) is 1. The van der Waals surface area contributed by atoms with Crippen LogP contribution in [0.25, 0.3) is 32.6 Å². The number of nitrogens with zero attached hydrogens (tertiary/aromatic N) is 4. The van der Waals surface area contributed by atoms with E-state index < -0.39 is 11.4 Å². The molecule has 1 saturated heterocycles. The van der Waals surface area contributed by atoms with Gasteiger partial charge in [0.15, 0.2) is 5.82 Å². The molecule has 0 unspecified atom stereocenters. The number of rotatable bonds is 7. The number of carbonyl (C=O) groups is 1. The van der Waals surface area contributed by atoms with Gasteiger partial charge >= 0.3 is 5.97 Å². The maximum absolute atomic E-state index is 11.7. The number of nitrogens with one attached hydrogen (secondary N) is 2. The zero-order valence-electron chi connectivity index (χ0n) is 24.6. The summed E-state index contributed by atoms with van der Waals surface area (Å²) in [5, 5.41) is 18.6. The summed E-state index contributed by atoms with van der Waals surface area (Å²) in [4.78, 5) is 29.6. The molecule has 0 amide bonds. The molecule has 0 saturated carbocycles. The number of pyridine rings is 2. The molecule has 1 atom stereocenters. The van der Waals surface area contributed by atoms with Crippen LogP contribution in [0, 0.1) is 19.3 Å². The van der Waals surface area contributed by atoms with E-state index in [1.165, 1.54) is 32.8 Å². The summed E-state index contributed by atoms with van der Waals surface area (Å²) < 4.78 is 0. The fraction of sp³-hybridized carbons (Fsp3) is 0.294. The van der Waals surface area contributed by atoms with Gasteiger partial charge in [0.05, 0.1) is 11.1 Å². The summed E-state index contributed by atoms with van der Waals surface area (Å²) in [6, 6.07) is 16.9. The Labute approximate surface area is 254 Å². The van der Waals surface area contributed by atoms with Gasteiger partial charge in [-0.25, -0.2) is 9.97 Å². The van der Waals surface area contributed by atoms with E-state index in [0.717, 1.165) is 52.4 Å². The fourth-order valence-corrected chi connectivity index (χ4v) is 7.46. The number of aromatic nitrogens is 3. The Morgan fingerprint density at radius 3 is 2.65 bits per heavy atom. The third-order valence-corrected chi connectivity index (χ3v) is 10.1. The zero-order chi connectivity index (χ0) is 29.7. The molecule has 3 aromatic heterocycles. The van der Waals surface area contributed by atoms with Crippen LogP contribution in [0.5, 0.6) is 0 Å². The van der Waals surface area contributed by atoms with Crippen LogP contribution in [0.4, 0.5) is 11.5 Å². The highest BCUT2D eigenvalue weighted by molar-refractivity contribution is 7.15. The lowest BCUT2D eigenvalue weighted by atomic mass is 9.90. The molecule has 218 valence electrons. The molecule has 1 fully saturated rings. The average Bonchev–Trinajstić information content (AvgIpc) is 3.71. The van der Waals surface area contributed by atoms with Crippen LogP contribution in [0.1, 0.15) is 40.6 Å². The van der Waals surface area contributed by atoms with Crippen molar-refractivity contribution in [1.29, 1.82) is 0 Å². The van der Waals surface area contributed by atoms with E-state index in [0.29, 0.717) is 25.3 Å². The Kier molecular flexibility index (Phi) is 6.96. The summed E-state index contributed by atoms with van der Waals surface area (Å²) in [5.74, 6) is -0.0174. The molecule has 3 N–H and O–H groups in total. The van der Waals surface area contributed by atoms with Gasteiger partial charge < -0.3 is 15.7 Å². The number of carboxylic acid groups (broad SMARTS) is 1. The van der Waals surface area contributed by atoms with Crippen molar-refractivity contribution in [2.24, 2.45) is 5.41 Å². The maximum Gasteiger partial charge on any atom is 0.310 e. The van der Waals surface area contributed by atoms with Gasteiger partial charge in [-0.2, -0.15) is 0 Å². The predicted octanol–water partition coefficient (Wildman–Crippen LogP) is 6.68. The quantitative estimate of drug-likeness (QED) is 0.193. The van der Waals surface area contributed by atoms with Crippen LogP contribution in [0.2, 0.25) is 0 Å². The summed E-state index contributed by atoms with van der Waals surface area (Å²) in [5.41, 5.74) is 9.26. The zero-order valence-corrected chi connectivity index (χ0v) is 25.4. The second kappa shape index (κ2) is 10.8. The molecule has 2 aliphatic heterocycles. The van der Waals surface area contributed by atoms with E-state index in [9.17, 15) is 9.90 Å². The van der Waals surface area contributed by atoms with Crippen LogP contribution >= 0.6 is 11.3 Å². The molecule has 0 spiro atoms. The van der Waals surface area contributed by atoms with Gasteiger partial charge in [0, 0.05) is 60.1 Å². The highest BCUT2D eigenvalue weighted by Gasteiger charge is 2.40. The second-order valence-electron chi connectivity index (χ2n) is 12.0. The maximum atomic E-state index is 11.7. The molecule has 0 aliphatic carbocycles. The third-order valence-electron chi connectivity index (χ3n) is 8.93. The SMILES string of the molecule is Cc1c(Nc2nccc3cc(CN4CC[C@@](C)(C(=O)O)C4)cnc23)cccc1-c1cccc(-c2nc3c(s2)CNC3)c1C. The summed E-state index contributed by atoms with van der Waals surface area (Å²) in [6.45, 7) is 9.91. The van der Waals surface area contributed by atoms with Crippen molar-refractivity contribution in [3.05, 3.63) is 88.2 Å². The van der Waals surface area contributed by atoms with Crippen LogP contribution < -0.4 is 10.6 Å². The first-order chi connectivity index (χ1) is 20.8. The van der Waals surface area contributed by atoms with Crippen molar-refractivity contribution < 1.29 is 9.90 Å². The topological polar surface area (TPSA) is 103 Å². The van der Waals surface area contributed by atoms with Gasteiger partial charge in [-0.1, -0.05) is 30.3 Å². The minimum absolute atomic E-state index is 0.547. The average molecular weight is 591 g/mol. The molecule has 43 heavy (non-hydrogen) atoms. The van der Waals surface area contributed by atoms with Crippen molar-refractivity contribution in [2.45, 2.75) is 46.8 Å². The lowest BCUT2D eigenvalue weighted by molar-refractivity contribution is -0.147. The van der Waals surface area contributed by atoms with E-state index in [2.05, 4.69) is 76.8 Å². The lowest BCUT2D eigenvalue weighted by Crippen LogP contribution is -2.31. The summed E-state index contributed by atoms with van der Waals surface area (Å²) in [7, 11) is 0. The number of anilines is 2. The van der Waals surface area contributed by atoms with Gasteiger partial charge in [-0.15, -0.1) is 11.3 Å². The van der Waals surface area contributed by atoms with E-state index in [1.54, 1.807) is 17.5 Å². The molecular formula is C34H34N6O2S. The van der Waals surface area contributed by atoms with Crippen LogP contribution in [-0.4, -0.2) is 44.0 Å². The van der Waals surface area contributed by atoms with E-state index in [1.807, 2.05) is 19.2 Å². The minimum atomic E-state index is -0.726. The van der Waals surface area contributed by atoms with E-state index in [-0.39, 0.29) is 0 Å². The van der Waals surface area contributed by atoms with Crippen molar-refractivity contribution in [3.63, 3.8) is 0 Å². The molecule has 2 aromatic carbocycles. The third kappa shape index (κ3) is 5.07. The van der Waals surface area contributed by atoms with E-state index in [4.69, 9.17) is 9.97 Å². The van der Waals surface area contributed by atoms with Crippen LogP contribution in [-0.2, 0) is 24.4 Å². The first-order valence-electron chi connectivity index (χ1n) is 14.6. The Hall–Kier alpha value is -4.18. The highest BCUT2D eigenvalue weighted by Crippen LogP contribution is 2.39. The molecule has 7 rings (SSSR count). The second-order valence-corrected chi connectivity index (χ2v) is 13.1. The number of hydrogen-bond donors (Lipinski definition) is 3. The monoisotopic (exact) mass is 590 g/mol. The molecule has 0 bridgehead atoms. The first kappa shape index (κ1) is 27.6. The Morgan fingerprint density at radius 2 is 1.86 bits per heavy atom.